The van der Waals surface area contributed by atoms with Gasteiger partial charge in [-0.2, -0.15) is 0 Å². The molecule has 0 aromatic heterocycles. The second-order valence-corrected chi connectivity index (χ2v) is 7.22. The Morgan fingerprint density at radius 1 is 0.875 bits per heavy atom. The van der Waals surface area contributed by atoms with Crippen LogP contribution in [0.25, 0.3) is 0 Å². The van der Waals surface area contributed by atoms with Crippen molar-refractivity contribution in [2.24, 2.45) is 5.92 Å². The van der Waals surface area contributed by atoms with Crippen LogP contribution in [0.4, 0.5) is 0 Å². The zero-order chi connectivity index (χ0) is 16.4. The highest BCUT2D eigenvalue weighted by atomic mass is 16.1. The van der Waals surface area contributed by atoms with Crippen LogP contribution in [0.1, 0.15) is 48.0 Å². The fourth-order valence-electron chi connectivity index (χ4n) is 4.38. The van der Waals surface area contributed by atoms with E-state index in [4.69, 9.17) is 0 Å². The minimum atomic E-state index is 0.0794. The molecule has 1 aliphatic carbocycles. The number of carbonyl (C=O) groups is 1. The highest BCUT2D eigenvalue weighted by Crippen LogP contribution is 2.43. The smallest absolute Gasteiger partial charge is 0.181 e. The predicted octanol–water partition coefficient (Wildman–Crippen LogP) is 4.70. The van der Waals surface area contributed by atoms with Crippen LogP contribution in [0.3, 0.4) is 0 Å². The van der Waals surface area contributed by atoms with E-state index in [1.807, 2.05) is 30.3 Å². The number of nitrogens with zero attached hydrogens (tertiary/aromatic N) is 1. The normalized spacial score (nSPS) is 26.9. The summed E-state index contributed by atoms with van der Waals surface area (Å²) in [6.45, 7) is 0.894. The Hall–Kier alpha value is -1.93. The molecule has 3 atom stereocenters. The Bertz CT molecular complexity index is 676. The molecule has 24 heavy (non-hydrogen) atoms. The van der Waals surface area contributed by atoms with Crippen molar-refractivity contribution in [2.45, 2.75) is 50.7 Å². The van der Waals surface area contributed by atoms with E-state index in [-0.39, 0.29) is 6.04 Å². The number of hydrogen-bond acceptors (Lipinski definition) is 2. The molecule has 0 radical (unpaired) electrons. The topological polar surface area (TPSA) is 20.1 Å². The lowest BCUT2D eigenvalue weighted by Gasteiger charge is -2.21. The highest BCUT2D eigenvalue weighted by molar-refractivity contribution is 6.02. The standard InChI is InChI=1S/C22H25NO/c24-22(19-14-8-3-9-15-19)21-20(18-12-6-2-7-13-18)23(21)16-17-10-4-1-5-11-17/h1,3-5,8-11,14-15,18,20-21H,2,6-7,12-13,16H2/t20-,21-,23?/m1/s1. The van der Waals surface area contributed by atoms with Gasteiger partial charge in [-0.1, -0.05) is 79.9 Å². The van der Waals surface area contributed by atoms with Crippen molar-refractivity contribution in [2.75, 3.05) is 0 Å². The summed E-state index contributed by atoms with van der Waals surface area (Å²) in [6.07, 6.45) is 6.58. The third-order valence-electron chi connectivity index (χ3n) is 5.64. The molecule has 0 spiro atoms. The molecule has 4 rings (SSSR count). The van der Waals surface area contributed by atoms with Gasteiger partial charge in [0, 0.05) is 18.2 Å². The largest absolute Gasteiger partial charge is 0.292 e. The molecule has 2 aromatic rings. The van der Waals surface area contributed by atoms with Crippen molar-refractivity contribution in [3.8, 4) is 0 Å². The van der Waals surface area contributed by atoms with E-state index in [1.54, 1.807) is 0 Å². The molecule has 1 unspecified atom stereocenters. The van der Waals surface area contributed by atoms with Crippen LogP contribution in [0.15, 0.2) is 60.7 Å². The maximum Gasteiger partial charge on any atom is 0.181 e. The number of Topliss-reactive ketones (excluding diaryl/α,β-unsaturated/α-hetero) is 1. The summed E-state index contributed by atoms with van der Waals surface area (Å²) in [6, 6.07) is 20.9. The lowest BCUT2D eigenvalue weighted by molar-refractivity contribution is 0.0972. The maximum absolute atomic E-state index is 13.0. The van der Waals surface area contributed by atoms with Gasteiger partial charge in [0.15, 0.2) is 5.78 Å². The highest BCUT2D eigenvalue weighted by Gasteiger charge is 2.55. The molecule has 0 bridgehead atoms. The van der Waals surface area contributed by atoms with Crippen molar-refractivity contribution in [3.05, 3.63) is 71.8 Å². The Labute approximate surface area is 144 Å². The van der Waals surface area contributed by atoms with Crippen LogP contribution in [0.2, 0.25) is 0 Å². The van der Waals surface area contributed by atoms with Crippen molar-refractivity contribution in [1.29, 1.82) is 0 Å². The summed E-state index contributed by atoms with van der Waals surface area (Å²) in [5, 5.41) is 0. The summed E-state index contributed by atoms with van der Waals surface area (Å²) >= 11 is 0. The molecule has 1 saturated carbocycles. The zero-order valence-electron chi connectivity index (χ0n) is 14.1. The lowest BCUT2D eigenvalue weighted by Crippen LogP contribution is -2.19. The first-order valence-electron chi connectivity index (χ1n) is 9.23. The monoisotopic (exact) mass is 319 g/mol. The quantitative estimate of drug-likeness (QED) is 0.588. The van der Waals surface area contributed by atoms with Crippen LogP contribution in [-0.2, 0) is 6.54 Å². The Kier molecular flexibility index (Phi) is 4.48. The minimum absolute atomic E-state index is 0.0794. The van der Waals surface area contributed by atoms with Crippen LogP contribution in [0, 0.1) is 5.92 Å². The molecule has 1 saturated heterocycles. The van der Waals surface area contributed by atoms with Gasteiger partial charge in [0.05, 0.1) is 6.04 Å². The molecule has 0 N–H and O–H groups in total. The van der Waals surface area contributed by atoms with Crippen molar-refractivity contribution in [1.82, 2.24) is 4.90 Å². The van der Waals surface area contributed by atoms with Gasteiger partial charge in [-0.25, -0.2) is 0 Å². The fourth-order valence-corrected chi connectivity index (χ4v) is 4.38. The Morgan fingerprint density at radius 3 is 2.17 bits per heavy atom. The first-order valence-corrected chi connectivity index (χ1v) is 9.23. The average molecular weight is 319 g/mol. The number of ketones is 1. The summed E-state index contributed by atoms with van der Waals surface area (Å²) in [7, 11) is 0. The van der Waals surface area contributed by atoms with Crippen LogP contribution < -0.4 is 0 Å². The minimum Gasteiger partial charge on any atom is -0.292 e. The Balaban J connectivity index is 1.54. The molecule has 2 aromatic carbocycles. The molecule has 1 aliphatic heterocycles. The van der Waals surface area contributed by atoms with Gasteiger partial charge in [0.1, 0.15) is 0 Å². The summed E-state index contributed by atoms with van der Waals surface area (Å²) in [5.74, 6) is 1.00. The van der Waals surface area contributed by atoms with Crippen molar-refractivity contribution >= 4 is 5.78 Å². The first kappa shape index (κ1) is 15.6. The van der Waals surface area contributed by atoms with Crippen molar-refractivity contribution in [3.63, 3.8) is 0 Å². The lowest BCUT2D eigenvalue weighted by atomic mass is 9.85. The van der Waals surface area contributed by atoms with E-state index in [9.17, 15) is 4.79 Å². The fraction of sp³-hybridized carbons (Fsp3) is 0.409. The van der Waals surface area contributed by atoms with Crippen molar-refractivity contribution < 1.29 is 4.79 Å². The predicted molar refractivity (Wildman–Crippen MR) is 96.9 cm³/mol. The SMILES string of the molecule is O=C(c1ccccc1)[C@H]1[C@@H](C2CCCCC2)N1Cc1ccccc1. The molecular formula is C22H25NO. The molecule has 2 heteroatoms. The summed E-state index contributed by atoms with van der Waals surface area (Å²) in [5.41, 5.74) is 2.17. The number of rotatable bonds is 5. The maximum atomic E-state index is 13.0. The van der Waals surface area contributed by atoms with E-state index in [0.717, 1.165) is 12.1 Å². The Morgan fingerprint density at radius 2 is 1.50 bits per heavy atom. The van der Waals surface area contributed by atoms with Gasteiger partial charge in [0.2, 0.25) is 0 Å². The second kappa shape index (κ2) is 6.90. The van der Waals surface area contributed by atoms with Gasteiger partial charge < -0.3 is 0 Å². The number of carbonyl (C=O) groups excluding carboxylic acids is 1. The third-order valence-corrected chi connectivity index (χ3v) is 5.64. The van der Waals surface area contributed by atoms with E-state index in [0.29, 0.717) is 17.7 Å². The van der Waals surface area contributed by atoms with Crippen LogP contribution >= 0.6 is 0 Å². The van der Waals surface area contributed by atoms with E-state index < -0.39 is 0 Å². The molecule has 2 aliphatic rings. The molecule has 1 heterocycles. The van der Waals surface area contributed by atoms with Crippen LogP contribution in [0.5, 0.6) is 0 Å². The van der Waals surface area contributed by atoms with E-state index in [1.165, 1.54) is 37.7 Å². The molecule has 2 nitrogen and oxygen atoms in total. The molecule has 0 amide bonds. The number of hydrogen-bond donors (Lipinski definition) is 0. The van der Waals surface area contributed by atoms with Gasteiger partial charge in [-0.05, 0) is 24.3 Å². The van der Waals surface area contributed by atoms with Gasteiger partial charge >= 0.3 is 0 Å². The molecular weight excluding hydrogens is 294 g/mol. The van der Waals surface area contributed by atoms with Crippen LogP contribution in [-0.4, -0.2) is 22.8 Å². The first-order chi connectivity index (χ1) is 11.8. The zero-order valence-corrected chi connectivity index (χ0v) is 14.1. The van der Waals surface area contributed by atoms with E-state index in [2.05, 4.69) is 35.2 Å². The summed E-state index contributed by atoms with van der Waals surface area (Å²) < 4.78 is 0. The number of benzene rings is 2. The molecule has 2 fully saturated rings. The van der Waals surface area contributed by atoms with E-state index >= 15 is 0 Å². The van der Waals surface area contributed by atoms with Gasteiger partial charge in [0.25, 0.3) is 0 Å². The van der Waals surface area contributed by atoms with Gasteiger partial charge in [-0.3, -0.25) is 9.69 Å². The third kappa shape index (κ3) is 3.16. The second-order valence-electron chi connectivity index (χ2n) is 7.22. The average Bonchev–Trinajstić information content (AvgIpc) is 3.37. The van der Waals surface area contributed by atoms with Gasteiger partial charge in [-0.15, -0.1) is 0 Å². The summed E-state index contributed by atoms with van der Waals surface area (Å²) in [4.78, 5) is 15.5. The molecule has 124 valence electrons.